The number of allylic oxidation sites excluding steroid dienone is 10. The van der Waals surface area contributed by atoms with Gasteiger partial charge in [0.05, 0.1) is 0 Å². The van der Waals surface area contributed by atoms with Crippen molar-refractivity contribution in [2.75, 3.05) is 13.2 Å². The molecular weight excluding hydrogens is 901 g/mol. The second-order valence-corrected chi connectivity index (χ2v) is 21.3. The monoisotopic (exact) mass is 1020 g/mol. The molecule has 0 spiro atoms. The van der Waals surface area contributed by atoms with Crippen LogP contribution in [0, 0.1) is 0 Å². The summed E-state index contributed by atoms with van der Waals surface area (Å²) >= 11 is 0. The Morgan fingerprint density at radius 1 is 0.288 bits per heavy atom. The highest BCUT2D eigenvalue weighted by molar-refractivity contribution is 5.71. The van der Waals surface area contributed by atoms with Crippen LogP contribution in [0.1, 0.15) is 329 Å². The summed E-state index contributed by atoms with van der Waals surface area (Å²) in [6.45, 7) is 6.55. The molecule has 0 rings (SSSR count). The highest BCUT2D eigenvalue weighted by atomic mass is 16.6. The second kappa shape index (κ2) is 61.7. The van der Waals surface area contributed by atoms with Crippen LogP contribution >= 0.6 is 0 Å². The molecular formula is C67H120O6. The minimum Gasteiger partial charge on any atom is -0.462 e. The molecule has 0 aliphatic rings. The maximum atomic E-state index is 12.9. The molecule has 6 heteroatoms. The van der Waals surface area contributed by atoms with Crippen molar-refractivity contribution >= 4 is 17.9 Å². The van der Waals surface area contributed by atoms with Crippen LogP contribution in [0.25, 0.3) is 0 Å². The lowest BCUT2D eigenvalue weighted by Gasteiger charge is -2.18. The number of rotatable bonds is 58. The van der Waals surface area contributed by atoms with Gasteiger partial charge in [-0.2, -0.15) is 0 Å². The summed E-state index contributed by atoms with van der Waals surface area (Å²) in [6.07, 6.45) is 78.0. The number of esters is 3. The standard InChI is InChI=1S/C67H120O6/c1-4-7-10-13-16-19-22-25-27-29-31-32-33-34-36-37-39-42-45-48-51-54-57-60-66(69)72-63-64(62-71-65(68)59-56-53-50-47-44-41-24-21-18-15-12-9-6-3)73-67(70)61-58-55-52-49-46-43-40-38-35-30-28-26-23-20-17-14-11-8-5-2/h8,11,17,20,26,28,35,38,43,46,64H,4-7,9-10,12-16,18-19,21-25,27,29-34,36-37,39-42,44-45,47-63H2,1-3H3/b11-8-,20-17-,28-26-,38-35-,46-43-. The number of hydrogen-bond donors (Lipinski definition) is 0. The number of hydrogen-bond acceptors (Lipinski definition) is 6. The van der Waals surface area contributed by atoms with Gasteiger partial charge in [0.25, 0.3) is 0 Å². The van der Waals surface area contributed by atoms with Crippen molar-refractivity contribution in [2.24, 2.45) is 0 Å². The van der Waals surface area contributed by atoms with Gasteiger partial charge in [-0.15, -0.1) is 0 Å². The zero-order valence-electron chi connectivity index (χ0n) is 48.7. The molecule has 6 nitrogen and oxygen atoms in total. The molecule has 0 fully saturated rings. The fourth-order valence-corrected chi connectivity index (χ4v) is 9.30. The van der Waals surface area contributed by atoms with Crippen molar-refractivity contribution in [3.63, 3.8) is 0 Å². The van der Waals surface area contributed by atoms with Crippen molar-refractivity contribution in [1.29, 1.82) is 0 Å². The fraction of sp³-hybridized carbons (Fsp3) is 0.806. The lowest BCUT2D eigenvalue weighted by molar-refractivity contribution is -0.167. The van der Waals surface area contributed by atoms with Crippen LogP contribution in [0.3, 0.4) is 0 Å². The first-order valence-corrected chi connectivity index (χ1v) is 31.8. The summed E-state index contributed by atoms with van der Waals surface area (Å²) in [5.41, 5.74) is 0. The second-order valence-electron chi connectivity index (χ2n) is 21.3. The topological polar surface area (TPSA) is 78.9 Å². The van der Waals surface area contributed by atoms with E-state index in [9.17, 15) is 14.4 Å². The van der Waals surface area contributed by atoms with Gasteiger partial charge < -0.3 is 14.2 Å². The minimum atomic E-state index is -0.789. The van der Waals surface area contributed by atoms with E-state index in [1.54, 1.807) is 0 Å². The Morgan fingerprint density at radius 2 is 0.534 bits per heavy atom. The minimum absolute atomic E-state index is 0.0833. The summed E-state index contributed by atoms with van der Waals surface area (Å²) in [6, 6.07) is 0. The van der Waals surface area contributed by atoms with Crippen LogP contribution in [-0.2, 0) is 28.6 Å². The van der Waals surface area contributed by atoms with Crippen LogP contribution < -0.4 is 0 Å². The zero-order valence-corrected chi connectivity index (χ0v) is 48.7. The maximum Gasteiger partial charge on any atom is 0.306 e. The summed E-state index contributed by atoms with van der Waals surface area (Å²) < 4.78 is 16.9. The molecule has 0 N–H and O–H groups in total. The zero-order chi connectivity index (χ0) is 52.9. The summed E-state index contributed by atoms with van der Waals surface area (Å²) in [4.78, 5) is 38.3. The Balaban J connectivity index is 4.33. The molecule has 0 saturated heterocycles. The van der Waals surface area contributed by atoms with E-state index in [1.807, 2.05) is 0 Å². The predicted molar refractivity (Wildman–Crippen MR) is 316 cm³/mol. The smallest absolute Gasteiger partial charge is 0.306 e. The molecule has 0 amide bonds. The molecule has 0 saturated carbocycles. The van der Waals surface area contributed by atoms with E-state index in [0.29, 0.717) is 19.3 Å². The van der Waals surface area contributed by atoms with Crippen LogP contribution in [0.4, 0.5) is 0 Å². The van der Waals surface area contributed by atoms with E-state index in [-0.39, 0.29) is 31.1 Å². The Hall–Kier alpha value is -2.89. The Labute approximate surface area is 453 Å². The molecule has 0 aliphatic carbocycles. The van der Waals surface area contributed by atoms with Crippen LogP contribution in [0.5, 0.6) is 0 Å². The molecule has 0 aromatic heterocycles. The molecule has 0 aromatic carbocycles. The third kappa shape index (κ3) is 59.9. The SMILES string of the molecule is CC/C=C\C/C=C\C/C=C\C/C=C\C/C=C\CCCCCC(=O)OC(COC(=O)CCCCCCCCCCCCCCC)COC(=O)CCCCCCCCCCCCCCCCCCCCCCCCC. The summed E-state index contributed by atoms with van der Waals surface area (Å²) in [5.74, 6) is -0.897. The Kier molecular flexibility index (Phi) is 59.2. The number of ether oxygens (including phenoxy) is 3. The van der Waals surface area contributed by atoms with Gasteiger partial charge in [0.2, 0.25) is 0 Å². The van der Waals surface area contributed by atoms with Crippen LogP contribution in [-0.4, -0.2) is 37.2 Å². The molecule has 0 heterocycles. The summed E-state index contributed by atoms with van der Waals surface area (Å²) in [7, 11) is 0. The van der Waals surface area contributed by atoms with E-state index in [0.717, 1.165) is 96.3 Å². The van der Waals surface area contributed by atoms with Gasteiger partial charge in [-0.1, -0.05) is 306 Å². The number of unbranched alkanes of at least 4 members (excludes halogenated alkanes) is 37. The first-order chi connectivity index (χ1) is 36.0. The van der Waals surface area contributed by atoms with Crippen molar-refractivity contribution in [1.82, 2.24) is 0 Å². The first kappa shape index (κ1) is 70.1. The molecule has 0 radical (unpaired) electrons. The van der Waals surface area contributed by atoms with Gasteiger partial charge in [-0.05, 0) is 64.2 Å². The Morgan fingerprint density at radius 3 is 0.836 bits per heavy atom. The third-order valence-corrected chi connectivity index (χ3v) is 14.0. The molecule has 0 aromatic rings. The first-order valence-electron chi connectivity index (χ1n) is 31.8. The van der Waals surface area contributed by atoms with Crippen molar-refractivity contribution in [3.05, 3.63) is 60.8 Å². The van der Waals surface area contributed by atoms with Crippen LogP contribution in [0.15, 0.2) is 60.8 Å². The van der Waals surface area contributed by atoms with E-state index < -0.39 is 6.10 Å². The normalized spacial score (nSPS) is 12.4. The van der Waals surface area contributed by atoms with Gasteiger partial charge in [0, 0.05) is 19.3 Å². The number of carbonyl (C=O) groups is 3. The lowest BCUT2D eigenvalue weighted by atomic mass is 10.0. The molecule has 0 aliphatic heterocycles. The summed E-state index contributed by atoms with van der Waals surface area (Å²) in [5, 5.41) is 0. The van der Waals surface area contributed by atoms with Crippen molar-refractivity contribution < 1.29 is 28.6 Å². The highest BCUT2D eigenvalue weighted by Gasteiger charge is 2.19. The molecule has 73 heavy (non-hydrogen) atoms. The highest BCUT2D eigenvalue weighted by Crippen LogP contribution is 2.17. The van der Waals surface area contributed by atoms with E-state index in [4.69, 9.17) is 14.2 Å². The van der Waals surface area contributed by atoms with Gasteiger partial charge in [0.1, 0.15) is 13.2 Å². The predicted octanol–water partition coefficient (Wildman–Crippen LogP) is 21.6. The largest absolute Gasteiger partial charge is 0.462 e. The fourth-order valence-electron chi connectivity index (χ4n) is 9.30. The number of carbonyl (C=O) groups excluding carboxylic acids is 3. The van der Waals surface area contributed by atoms with E-state index in [2.05, 4.69) is 81.5 Å². The van der Waals surface area contributed by atoms with E-state index >= 15 is 0 Å². The van der Waals surface area contributed by atoms with Crippen LogP contribution in [0.2, 0.25) is 0 Å². The van der Waals surface area contributed by atoms with Crippen molar-refractivity contribution in [2.45, 2.75) is 335 Å². The van der Waals surface area contributed by atoms with Gasteiger partial charge in [-0.25, -0.2) is 0 Å². The quantitative estimate of drug-likeness (QED) is 0.0261. The molecule has 1 atom stereocenters. The van der Waals surface area contributed by atoms with Gasteiger partial charge in [0.15, 0.2) is 6.10 Å². The average Bonchev–Trinajstić information content (AvgIpc) is 3.39. The molecule has 424 valence electrons. The third-order valence-electron chi connectivity index (χ3n) is 14.0. The molecule has 1 unspecified atom stereocenters. The van der Waals surface area contributed by atoms with Crippen molar-refractivity contribution in [3.8, 4) is 0 Å². The van der Waals surface area contributed by atoms with E-state index in [1.165, 1.54) is 193 Å². The molecule has 0 bridgehead atoms. The Bertz CT molecular complexity index is 1310. The lowest BCUT2D eigenvalue weighted by Crippen LogP contribution is -2.30. The maximum absolute atomic E-state index is 12.9. The van der Waals surface area contributed by atoms with Gasteiger partial charge >= 0.3 is 17.9 Å². The van der Waals surface area contributed by atoms with Gasteiger partial charge in [-0.3, -0.25) is 14.4 Å². The average molecular weight is 1020 g/mol.